The van der Waals surface area contributed by atoms with Gasteiger partial charge in [0.15, 0.2) is 0 Å². The fraction of sp³-hybridized carbons (Fsp3) is 0.455. The number of hydrogen-bond donors (Lipinski definition) is 0. The third-order valence-electron chi connectivity index (χ3n) is 2.19. The normalized spacial score (nSPS) is 12.0. The molecule has 1 rings (SSSR count). The van der Waals surface area contributed by atoms with Gasteiger partial charge in [-0.3, -0.25) is 4.18 Å². The Balaban J connectivity index is 2.68. The van der Waals surface area contributed by atoms with Crippen LogP contribution in [0.5, 0.6) is 0 Å². The van der Waals surface area contributed by atoms with Crippen LogP contribution in [0.1, 0.15) is 12.5 Å². The van der Waals surface area contributed by atoms with Gasteiger partial charge in [0.2, 0.25) is 0 Å². The Morgan fingerprint density at radius 1 is 1.22 bits per heavy atom. The van der Waals surface area contributed by atoms with E-state index >= 15 is 0 Å². The molecule has 1 aromatic carbocycles. The fourth-order valence-electron chi connectivity index (χ4n) is 1.38. The van der Waals surface area contributed by atoms with Gasteiger partial charge in [0.25, 0.3) is 10.1 Å². The maximum absolute atomic E-state index is 11.8. The van der Waals surface area contributed by atoms with E-state index in [1.165, 1.54) is 6.07 Å². The van der Waals surface area contributed by atoms with E-state index in [-0.39, 0.29) is 4.90 Å². The predicted molar refractivity (Wildman–Crippen MR) is 60.9 cm³/mol. The van der Waals surface area contributed by atoms with Crippen LogP contribution in [-0.2, 0) is 25.5 Å². The van der Waals surface area contributed by atoms with Crippen molar-refractivity contribution < 1.29 is 26.1 Å². The molecule has 0 N–H and O–H groups in total. The minimum absolute atomic E-state index is 0.0598. The van der Waals surface area contributed by atoms with Gasteiger partial charge in [0.05, 0.1) is 18.1 Å². The SMILES string of the molecule is CCc1ccccc1S(=O)(=O)OCCOC(F)F. The predicted octanol–water partition coefficient (Wildman–Crippen LogP) is 2.19. The molecule has 0 saturated heterocycles. The zero-order valence-corrected chi connectivity index (χ0v) is 10.6. The Kier molecular flexibility index (Phi) is 5.64. The quantitative estimate of drug-likeness (QED) is 0.567. The molecule has 18 heavy (non-hydrogen) atoms. The molecule has 0 aliphatic rings. The van der Waals surface area contributed by atoms with Crippen molar-refractivity contribution in [3.63, 3.8) is 0 Å². The van der Waals surface area contributed by atoms with Crippen LogP contribution < -0.4 is 0 Å². The van der Waals surface area contributed by atoms with Crippen molar-refractivity contribution in [3.8, 4) is 0 Å². The Hall–Kier alpha value is -1.05. The van der Waals surface area contributed by atoms with Crippen molar-refractivity contribution in [2.24, 2.45) is 0 Å². The maximum Gasteiger partial charge on any atom is 0.345 e. The summed E-state index contributed by atoms with van der Waals surface area (Å²) < 4.78 is 55.5. The van der Waals surface area contributed by atoms with E-state index in [2.05, 4.69) is 8.92 Å². The molecular weight excluding hydrogens is 266 g/mol. The molecule has 0 bridgehead atoms. The summed E-state index contributed by atoms with van der Waals surface area (Å²) in [5, 5.41) is 0. The maximum atomic E-state index is 11.8. The number of rotatable bonds is 7. The summed E-state index contributed by atoms with van der Waals surface area (Å²) in [4.78, 5) is 0.0598. The van der Waals surface area contributed by atoms with Crippen LogP contribution in [0.3, 0.4) is 0 Å². The highest BCUT2D eigenvalue weighted by Gasteiger charge is 2.18. The van der Waals surface area contributed by atoms with Crippen LogP contribution in [0.25, 0.3) is 0 Å². The first kappa shape index (κ1) is 15.0. The summed E-state index contributed by atoms with van der Waals surface area (Å²) in [5.41, 5.74) is 0.618. The van der Waals surface area contributed by atoms with Gasteiger partial charge in [-0.25, -0.2) is 0 Å². The molecule has 0 radical (unpaired) electrons. The van der Waals surface area contributed by atoms with Crippen molar-refractivity contribution in [2.75, 3.05) is 13.2 Å². The van der Waals surface area contributed by atoms with Crippen molar-refractivity contribution in [3.05, 3.63) is 29.8 Å². The standard InChI is InChI=1S/C11H14F2O4S/c1-2-9-5-3-4-6-10(9)18(14,15)17-8-7-16-11(12)13/h3-6,11H,2,7-8H2,1H3. The molecule has 1 aromatic rings. The van der Waals surface area contributed by atoms with Crippen LogP contribution in [0.4, 0.5) is 8.78 Å². The average Bonchev–Trinajstić information content (AvgIpc) is 2.34. The Morgan fingerprint density at radius 2 is 1.89 bits per heavy atom. The summed E-state index contributed by atoms with van der Waals surface area (Å²) in [7, 11) is -3.93. The second-order valence-corrected chi connectivity index (χ2v) is 4.95. The topological polar surface area (TPSA) is 52.6 Å². The fourth-order valence-corrected chi connectivity index (χ4v) is 2.58. The van der Waals surface area contributed by atoms with E-state index in [1.54, 1.807) is 18.2 Å². The van der Waals surface area contributed by atoms with E-state index in [0.717, 1.165) is 0 Å². The first-order valence-corrected chi connectivity index (χ1v) is 6.75. The monoisotopic (exact) mass is 280 g/mol. The third-order valence-corrected chi connectivity index (χ3v) is 3.60. The van der Waals surface area contributed by atoms with Gasteiger partial charge in [-0.15, -0.1) is 0 Å². The zero-order chi connectivity index (χ0) is 13.6. The van der Waals surface area contributed by atoms with Gasteiger partial charge in [0.1, 0.15) is 0 Å². The zero-order valence-electron chi connectivity index (χ0n) is 9.81. The van der Waals surface area contributed by atoms with E-state index in [0.29, 0.717) is 12.0 Å². The molecule has 0 amide bonds. The Bertz CT molecular complexity index is 474. The van der Waals surface area contributed by atoms with Gasteiger partial charge in [-0.1, -0.05) is 25.1 Å². The largest absolute Gasteiger partial charge is 0.345 e. The number of ether oxygens (including phenoxy) is 1. The molecular formula is C11H14F2O4S. The van der Waals surface area contributed by atoms with Crippen molar-refractivity contribution in [1.29, 1.82) is 0 Å². The van der Waals surface area contributed by atoms with Crippen molar-refractivity contribution >= 4 is 10.1 Å². The summed E-state index contributed by atoms with van der Waals surface area (Å²) in [6, 6.07) is 6.39. The van der Waals surface area contributed by atoms with Gasteiger partial charge < -0.3 is 4.74 Å². The molecule has 0 aliphatic carbocycles. The van der Waals surface area contributed by atoms with Gasteiger partial charge >= 0.3 is 6.61 Å². The smallest absolute Gasteiger partial charge is 0.320 e. The van der Waals surface area contributed by atoms with Crippen molar-refractivity contribution in [2.45, 2.75) is 24.9 Å². The second kappa shape index (κ2) is 6.77. The number of halogens is 2. The molecule has 0 fully saturated rings. The van der Waals surface area contributed by atoms with Gasteiger partial charge in [0, 0.05) is 0 Å². The molecule has 0 saturated carbocycles. The second-order valence-electron chi connectivity index (χ2n) is 3.37. The summed E-state index contributed by atoms with van der Waals surface area (Å²) >= 11 is 0. The third kappa shape index (κ3) is 4.32. The lowest BCUT2D eigenvalue weighted by atomic mass is 10.2. The molecule has 0 atom stereocenters. The van der Waals surface area contributed by atoms with Crippen LogP contribution in [0.2, 0.25) is 0 Å². The molecule has 0 unspecified atom stereocenters. The average molecular weight is 280 g/mol. The lowest BCUT2D eigenvalue weighted by Gasteiger charge is -2.09. The minimum Gasteiger partial charge on any atom is -0.320 e. The van der Waals surface area contributed by atoms with E-state index in [9.17, 15) is 17.2 Å². The summed E-state index contributed by atoms with van der Waals surface area (Å²) in [6.45, 7) is -2.04. The Labute approximate surface area is 105 Å². The molecule has 0 aromatic heterocycles. The lowest BCUT2D eigenvalue weighted by molar-refractivity contribution is -0.133. The number of hydrogen-bond acceptors (Lipinski definition) is 4. The summed E-state index contributed by atoms with van der Waals surface area (Å²) in [6.07, 6.45) is 0.534. The van der Waals surface area contributed by atoms with E-state index in [4.69, 9.17) is 0 Å². The molecule has 0 heterocycles. The summed E-state index contributed by atoms with van der Waals surface area (Å²) in [5.74, 6) is 0. The molecule has 7 heteroatoms. The van der Waals surface area contributed by atoms with Crippen LogP contribution in [0, 0.1) is 0 Å². The number of alkyl halides is 2. The number of benzene rings is 1. The minimum atomic E-state index is -3.93. The van der Waals surface area contributed by atoms with Crippen molar-refractivity contribution in [1.82, 2.24) is 0 Å². The Morgan fingerprint density at radius 3 is 2.50 bits per heavy atom. The highest BCUT2D eigenvalue weighted by Crippen LogP contribution is 2.18. The van der Waals surface area contributed by atoms with Gasteiger partial charge in [-0.05, 0) is 18.1 Å². The number of aryl methyl sites for hydroxylation is 1. The van der Waals surface area contributed by atoms with Gasteiger partial charge in [-0.2, -0.15) is 17.2 Å². The van der Waals surface area contributed by atoms with Crippen LogP contribution in [-0.4, -0.2) is 28.2 Å². The highest BCUT2D eigenvalue weighted by molar-refractivity contribution is 7.86. The van der Waals surface area contributed by atoms with Crippen LogP contribution in [0.15, 0.2) is 29.2 Å². The first-order chi connectivity index (χ1) is 8.47. The van der Waals surface area contributed by atoms with E-state index in [1.807, 2.05) is 6.92 Å². The van der Waals surface area contributed by atoms with E-state index < -0.39 is 29.9 Å². The lowest BCUT2D eigenvalue weighted by Crippen LogP contribution is -2.14. The van der Waals surface area contributed by atoms with Crippen LogP contribution >= 0.6 is 0 Å². The molecule has 0 aliphatic heterocycles. The first-order valence-electron chi connectivity index (χ1n) is 5.34. The molecule has 102 valence electrons. The highest BCUT2D eigenvalue weighted by atomic mass is 32.2. The molecule has 4 nitrogen and oxygen atoms in total. The molecule has 0 spiro atoms.